The fraction of sp³-hybridized carbons (Fsp3) is 0.833. The first-order valence-electron chi connectivity index (χ1n) is 9.24. The molecule has 0 saturated carbocycles. The second-order valence-corrected chi connectivity index (χ2v) is 6.55. The van der Waals surface area contributed by atoms with Gasteiger partial charge in [0.1, 0.15) is 0 Å². The average molecular weight is 434 g/mol. The Morgan fingerprint density at radius 1 is 1.30 bits per heavy atom. The lowest BCUT2D eigenvalue weighted by Gasteiger charge is -2.16. The summed E-state index contributed by atoms with van der Waals surface area (Å²) < 4.78 is 0. The van der Waals surface area contributed by atoms with Crippen LogP contribution in [0.15, 0.2) is 16.6 Å². The largest absolute Gasteiger partial charge is 0.357 e. The Bertz CT molecular complexity index is 381. The number of guanidine groups is 1. The van der Waals surface area contributed by atoms with Crippen molar-refractivity contribution in [3.05, 3.63) is 11.6 Å². The molecule has 0 radical (unpaired) electrons. The Balaban J connectivity index is 0.00000264. The van der Waals surface area contributed by atoms with Crippen molar-refractivity contribution in [3.8, 4) is 0 Å². The van der Waals surface area contributed by atoms with Gasteiger partial charge in [-0.2, -0.15) is 0 Å². The van der Waals surface area contributed by atoms with Crippen LogP contribution >= 0.6 is 24.0 Å². The molecular weight excluding hydrogens is 399 g/mol. The molecule has 0 aromatic carbocycles. The van der Waals surface area contributed by atoms with Gasteiger partial charge in [0.2, 0.25) is 0 Å². The lowest BCUT2D eigenvalue weighted by molar-refractivity contribution is 0.343. The molecule has 0 bridgehead atoms. The molecule has 0 spiro atoms. The highest BCUT2D eigenvalue weighted by Crippen LogP contribution is 2.19. The van der Waals surface area contributed by atoms with Gasteiger partial charge in [-0.25, -0.2) is 0 Å². The van der Waals surface area contributed by atoms with Gasteiger partial charge < -0.3 is 15.5 Å². The predicted octanol–water partition coefficient (Wildman–Crippen LogP) is 3.39. The molecule has 1 unspecified atom stereocenters. The third kappa shape index (κ3) is 7.88. The van der Waals surface area contributed by atoms with Gasteiger partial charge in [0.25, 0.3) is 0 Å². The molecular formula is C18H35IN4. The first-order valence-corrected chi connectivity index (χ1v) is 9.24. The van der Waals surface area contributed by atoms with Crippen molar-refractivity contribution >= 4 is 29.9 Å². The third-order valence-corrected chi connectivity index (χ3v) is 4.79. The SMILES string of the molecule is CCNC(=NCC1CCN(CC)C1)NCCC1=CCCCC1.I. The van der Waals surface area contributed by atoms with E-state index in [0.29, 0.717) is 0 Å². The number of nitrogens with one attached hydrogen (secondary N) is 2. The fourth-order valence-electron chi connectivity index (χ4n) is 3.38. The second kappa shape index (κ2) is 12.1. The highest BCUT2D eigenvalue weighted by molar-refractivity contribution is 14.0. The third-order valence-electron chi connectivity index (χ3n) is 4.79. The quantitative estimate of drug-likeness (QED) is 0.279. The van der Waals surface area contributed by atoms with Gasteiger partial charge >= 0.3 is 0 Å². The Morgan fingerprint density at radius 2 is 2.17 bits per heavy atom. The zero-order chi connectivity index (χ0) is 15.6. The first kappa shape index (κ1) is 20.7. The molecule has 0 aromatic rings. The minimum atomic E-state index is 0. The van der Waals surface area contributed by atoms with Crippen LogP contribution in [0, 0.1) is 5.92 Å². The Kier molecular flexibility index (Phi) is 10.9. The van der Waals surface area contributed by atoms with Gasteiger partial charge in [-0.1, -0.05) is 18.6 Å². The summed E-state index contributed by atoms with van der Waals surface area (Å²) in [6.45, 7) is 10.9. The van der Waals surface area contributed by atoms with Crippen LogP contribution in [0.4, 0.5) is 0 Å². The van der Waals surface area contributed by atoms with Crippen LogP contribution in [-0.4, -0.2) is 50.1 Å². The molecule has 134 valence electrons. The van der Waals surface area contributed by atoms with E-state index in [9.17, 15) is 0 Å². The van der Waals surface area contributed by atoms with Gasteiger partial charge in [0, 0.05) is 26.2 Å². The molecule has 0 aromatic heterocycles. The van der Waals surface area contributed by atoms with E-state index in [1.807, 2.05) is 0 Å². The summed E-state index contributed by atoms with van der Waals surface area (Å²) in [5, 5.41) is 6.88. The topological polar surface area (TPSA) is 39.7 Å². The van der Waals surface area contributed by atoms with E-state index in [4.69, 9.17) is 4.99 Å². The van der Waals surface area contributed by atoms with Gasteiger partial charge in [-0.05, 0) is 64.5 Å². The summed E-state index contributed by atoms with van der Waals surface area (Å²) in [7, 11) is 0. The van der Waals surface area contributed by atoms with Crippen molar-refractivity contribution in [1.29, 1.82) is 0 Å². The molecule has 2 rings (SSSR count). The van der Waals surface area contributed by atoms with Gasteiger partial charge in [0.05, 0.1) is 0 Å². The van der Waals surface area contributed by atoms with Crippen LogP contribution in [0.25, 0.3) is 0 Å². The molecule has 1 fully saturated rings. The minimum absolute atomic E-state index is 0. The Labute approximate surface area is 159 Å². The summed E-state index contributed by atoms with van der Waals surface area (Å²) in [6.07, 6.45) is 10.2. The lowest BCUT2D eigenvalue weighted by atomic mass is 9.97. The average Bonchev–Trinajstić information content (AvgIpc) is 3.02. The second-order valence-electron chi connectivity index (χ2n) is 6.55. The maximum Gasteiger partial charge on any atom is 0.191 e. The summed E-state index contributed by atoms with van der Waals surface area (Å²) >= 11 is 0. The standard InChI is InChI=1S/C18H34N4.HI/c1-3-19-18(20-12-10-16-8-6-5-7-9-16)21-14-17-11-13-22(4-2)15-17;/h8,17H,3-7,9-15H2,1-2H3,(H2,19,20,21);1H. The number of rotatable bonds is 7. The van der Waals surface area contributed by atoms with Crippen molar-refractivity contribution in [2.75, 3.05) is 39.3 Å². The van der Waals surface area contributed by atoms with Gasteiger partial charge in [0.15, 0.2) is 5.96 Å². The van der Waals surface area contributed by atoms with Crippen LogP contribution in [0.5, 0.6) is 0 Å². The Morgan fingerprint density at radius 3 is 2.83 bits per heavy atom. The van der Waals surface area contributed by atoms with E-state index in [2.05, 4.69) is 35.5 Å². The number of aliphatic imine (C=N–C) groups is 1. The molecule has 23 heavy (non-hydrogen) atoms. The van der Waals surface area contributed by atoms with Crippen molar-refractivity contribution in [1.82, 2.24) is 15.5 Å². The number of allylic oxidation sites excluding steroid dienone is 1. The maximum atomic E-state index is 4.80. The van der Waals surface area contributed by atoms with Crippen molar-refractivity contribution in [2.24, 2.45) is 10.9 Å². The number of nitrogens with zero attached hydrogens (tertiary/aromatic N) is 2. The molecule has 2 N–H and O–H groups in total. The summed E-state index contributed by atoms with van der Waals surface area (Å²) in [4.78, 5) is 7.32. The van der Waals surface area contributed by atoms with E-state index in [0.717, 1.165) is 37.9 Å². The first-order chi connectivity index (χ1) is 10.8. The highest BCUT2D eigenvalue weighted by Gasteiger charge is 2.20. The van der Waals surface area contributed by atoms with Crippen LogP contribution in [0.1, 0.15) is 52.4 Å². The van der Waals surface area contributed by atoms with Crippen LogP contribution in [0.3, 0.4) is 0 Å². The van der Waals surface area contributed by atoms with Crippen LogP contribution in [0.2, 0.25) is 0 Å². The monoisotopic (exact) mass is 434 g/mol. The van der Waals surface area contributed by atoms with Crippen molar-refractivity contribution in [3.63, 3.8) is 0 Å². The van der Waals surface area contributed by atoms with E-state index in [1.54, 1.807) is 5.57 Å². The van der Waals surface area contributed by atoms with E-state index >= 15 is 0 Å². The van der Waals surface area contributed by atoms with E-state index < -0.39 is 0 Å². The zero-order valence-corrected chi connectivity index (χ0v) is 17.3. The lowest BCUT2D eigenvalue weighted by Crippen LogP contribution is -2.38. The molecule has 5 heteroatoms. The Hall–Kier alpha value is -0.300. The molecule has 4 nitrogen and oxygen atoms in total. The molecule has 2 aliphatic rings. The molecule has 0 amide bonds. The summed E-state index contributed by atoms with van der Waals surface area (Å²) in [5.74, 6) is 1.73. The number of hydrogen-bond donors (Lipinski definition) is 2. The summed E-state index contributed by atoms with van der Waals surface area (Å²) in [6, 6.07) is 0. The molecule has 1 heterocycles. The summed E-state index contributed by atoms with van der Waals surface area (Å²) in [5.41, 5.74) is 1.63. The van der Waals surface area contributed by atoms with Crippen molar-refractivity contribution < 1.29 is 0 Å². The molecule has 1 aliphatic heterocycles. The fourth-order valence-corrected chi connectivity index (χ4v) is 3.38. The number of likely N-dealkylation sites (tertiary alicyclic amines) is 1. The van der Waals surface area contributed by atoms with Crippen LogP contribution < -0.4 is 10.6 Å². The van der Waals surface area contributed by atoms with Gasteiger partial charge in [-0.15, -0.1) is 24.0 Å². The predicted molar refractivity (Wildman–Crippen MR) is 111 cm³/mol. The van der Waals surface area contributed by atoms with Gasteiger partial charge in [-0.3, -0.25) is 4.99 Å². The van der Waals surface area contributed by atoms with Crippen molar-refractivity contribution in [2.45, 2.75) is 52.4 Å². The maximum absolute atomic E-state index is 4.80. The molecule has 1 atom stereocenters. The van der Waals surface area contributed by atoms with E-state index in [-0.39, 0.29) is 24.0 Å². The van der Waals surface area contributed by atoms with E-state index in [1.165, 1.54) is 51.7 Å². The molecule has 1 saturated heterocycles. The molecule has 1 aliphatic carbocycles. The zero-order valence-electron chi connectivity index (χ0n) is 14.9. The smallest absolute Gasteiger partial charge is 0.191 e. The normalized spacial score (nSPS) is 22.4. The minimum Gasteiger partial charge on any atom is -0.357 e. The number of halogens is 1. The highest BCUT2D eigenvalue weighted by atomic mass is 127. The number of hydrogen-bond acceptors (Lipinski definition) is 2. The van der Waals surface area contributed by atoms with Crippen LogP contribution in [-0.2, 0) is 0 Å².